The minimum atomic E-state index is -4.62. The maximum absolute atomic E-state index is 12.2. The van der Waals surface area contributed by atoms with Gasteiger partial charge in [-0.2, -0.15) is 0 Å². The molecule has 1 aromatic heterocycles. The quantitative estimate of drug-likeness (QED) is 0.313. The number of nitrogens with one attached hydrogen (secondary N) is 1. The molecular formula is C16H19N2O9P. The van der Waals surface area contributed by atoms with E-state index in [0.29, 0.717) is 5.56 Å². The highest BCUT2D eigenvalue weighted by atomic mass is 31.2. The molecule has 0 aliphatic carbocycles. The summed E-state index contributed by atoms with van der Waals surface area (Å²) >= 11 is 0. The summed E-state index contributed by atoms with van der Waals surface area (Å²) in [6.07, 6.45) is -8.08. The predicted octanol–water partition coefficient (Wildman–Crippen LogP) is -1.64. The van der Waals surface area contributed by atoms with Gasteiger partial charge in [0.05, 0.1) is 17.8 Å². The highest BCUT2D eigenvalue weighted by molar-refractivity contribution is 7.51. The van der Waals surface area contributed by atoms with E-state index < -0.39 is 55.7 Å². The van der Waals surface area contributed by atoms with E-state index in [9.17, 15) is 29.5 Å². The number of aromatic nitrogens is 2. The van der Waals surface area contributed by atoms with Crippen molar-refractivity contribution in [2.75, 3.05) is 6.16 Å². The minimum absolute atomic E-state index is 0.102. The Balaban J connectivity index is 1.96. The minimum Gasteiger partial charge on any atom is -0.390 e. The van der Waals surface area contributed by atoms with Crippen molar-refractivity contribution in [1.82, 2.24) is 9.55 Å². The van der Waals surface area contributed by atoms with Crippen LogP contribution in [0.2, 0.25) is 0 Å². The summed E-state index contributed by atoms with van der Waals surface area (Å²) in [6.45, 7) is 0. The van der Waals surface area contributed by atoms with E-state index in [2.05, 4.69) is 4.98 Å². The number of aliphatic hydroxyl groups excluding tert-OH is 3. The van der Waals surface area contributed by atoms with Crippen LogP contribution in [0.25, 0.3) is 11.1 Å². The molecule has 1 aliphatic heterocycles. The second-order valence-electron chi connectivity index (χ2n) is 6.46. The first-order valence-electron chi connectivity index (χ1n) is 8.23. The van der Waals surface area contributed by atoms with E-state index >= 15 is 0 Å². The van der Waals surface area contributed by atoms with E-state index in [1.165, 1.54) is 0 Å². The molecule has 0 spiro atoms. The van der Waals surface area contributed by atoms with Crippen molar-refractivity contribution in [1.29, 1.82) is 0 Å². The molecule has 3 rings (SSSR count). The largest absolute Gasteiger partial charge is 0.390 e. The molecule has 0 amide bonds. The van der Waals surface area contributed by atoms with Crippen molar-refractivity contribution < 1.29 is 34.4 Å². The van der Waals surface area contributed by atoms with Crippen LogP contribution in [-0.4, -0.2) is 65.2 Å². The Morgan fingerprint density at radius 1 is 1.14 bits per heavy atom. The van der Waals surface area contributed by atoms with Crippen molar-refractivity contribution in [2.45, 2.75) is 30.6 Å². The summed E-state index contributed by atoms with van der Waals surface area (Å²) in [6, 6.07) is 8.37. The summed E-state index contributed by atoms with van der Waals surface area (Å²) in [4.78, 5) is 44.4. The predicted molar refractivity (Wildman–Crippen MR) is 95.6 cm³/mol. The van der Waals surface area contributed by atoms with Crippen LogP contribution in [0.1, 0.15) is 6.23 Å². The zero-order valence-electron chi connectivity index (χ0n) is 14.3. The van der Waals surface area contributed by atoms with E-state index in [4.69, 9.17) is 14.5 Å². The number of aromatic amines is 1. The Bertz CT molecular complexity index is 999. The molecule has 1 fully saturated rings. The first-order chi connectivity index (χ1) is 13.1. The van der Waals surface area contributed by atoms with Crippen molar-refractivity contribution in [3.8, 4) is 11.1 Å². The Morgan fingerprint density at radius 2 is 1.79 bits per heavy atom. The van der Waals surface area contributed by atoms with Crippen LogP contribution in [-0.2, 0) is 9.30 Å². The fourth-order valence-electron chi connectivity index (χ4n) is 3.08. The van der Waals surface area contributed by atoms with E-state index in [-0.39, 0.29) is 5.56 Å². The van der Waals surface area contributed by atoms with E-state index in [1.54, 1.807) is 30.3 Å². The molecule has 5 atom stereocenters. The van der Waals surface area contributed by atoms with Crippen LogP contribution >= 0.6 is 7.60 Å². The Kier molecular flexibility index (Phi) is 5.69. The Labute approximate surface area is 157 Å². The summed E-state index contributed by atoms with van der Waals surface area (Å²) in [5.74, 6) is 0. The van der Waals surface area contributed by atoms with Gasteiger partial charge in [0.1, 0.15) is 18.3 Å². The number of nitrogens with zero attached hydrogens (tertiary/aromatic N) is 1. The van der Waals surface area contributed by atoms with Gasteiger partial charge in [-0.1, -0.05) is 30.3 Å². The lowest BCUT2D eigenvalue weighted by Gasteiger charge is -2.21. The van der Waals surface area contributed by atoms with Gasteiger partial charge < -0.3 is 29.8 Å². The Morgan fingerprint density at radius 3 is 2.39 bits per heavy atom. The van der Waals surface area contributed by atoms with Crippen LogP contribution in [0.3, 0.4) is 0 Å². The molecular weight excluding hydrogens is 395 g/mol. The van der Waals surface area contributed by atoms with Gasteiger partial charge in [0, 0.05) is 6.20 Å². The molecule has 0 saturated carbocycles. The third kappa shape index (κ3) is 4.15. The second-order valence-corrected chi connectivity index (χ2v) is 8.16. The Hall–Kier alpha value is -2.11. The van der Waals surface area contributed by atoms with Crippen LogP contribution in [0.15, 0.2) is 46.1 Å². The maximum Gasteiger partial charge on any atom is 0.330 e. The lowest BCUT2D eigenvalue weighted by molar-refractivity contribution is -0.0802. The third-order valence-electron chi connectivity index (χ3n) is 4.41. The average molecular weight is 414 g/mol. The zero-order valence-corrected chi connectivity index (χ0v) is 15.2. The standard InChI is InChI=1S/C16H19N2O9P/c19-10(7-28(24,25)26)13-11(20)12(21)15(27-13)18-6-9(14(22)17-16(18)23)8-4-2-1-3-5-8/h1-6,10-13,15,19-21H,7H2,(H,17,22,23)(H2,24,25,26)/t10-,11+,12-,13-,15-/m1/s1. The molecule has 6 N–H and O–H groups in total. The van der Waals surface area contributed by atoms with Crippen LogP contribution < -0.4 is 11.2 Å². The van der Waals surface area contributed by atoms with Gasteiger partial charge in [0.2, 0.25) is 0 Å². The molecule has 1 aliphatic rings. The fraction of sp³-hybridized carbons (Fsp3) is 0.375. The lowest BCUT2D eigenvalue weighted by Crippen LogP contribution is -2.40. The number of hydrogen-bond donors (Lipinski definition) is 6. The van der Waals surface area contributed by atoms with Crippen molar-refractivity contribution in [2.24, 2.45) is 0 Å². The SMILES string of the molecule is O=c1[nH]c(=O)n([C@@H]2O[C@H]([C@H](O)CP(=O)(O)O)[C@@H](O)[C@H]2O)cc1-c1ccccc1. The molecule has 1 aromatic carbocycles. The second kappa shape index (κ2) is 7.72. The molecule has 11 nitrogen and oxygen atoms in total. The molecule has 0 radical (unpaired) electrons. The number of rotatable bonds is 5. The van der Waals surface area contributed by atoms with Gasteiger partial charge in [-0.25, -0.2) is 4.79 Å². The van der Waals surface area contributed by atoms with Crippen molar-refractivity contribution in [3.05, 3.63) is 57.4 Å². The molecule has 12 heteroatoms. The summed E-state index contributed by atoms with van der Waals surface area (Å²) < 4.78 is 17.3. The molecule has 0 bridgehead atoms. The van der Waals surface area contributed by atoms with Crippen molar-refractivity contribution >= 4 is 7.60 Å². The number of ether oxygens (including phenoxy) is 1. The normalized spacial score (nSPS) is 26.3. The van der Waals surface area contributed by atoms with Gasteiger partial charge in [0.25, 0.3) is 5.56 Å². The van der Waals surface area contributed by atoms with Crippen LogP contribution in [0.5, 0.6) is 0 Å². The molecule has 152 valence electrons. The summed E-state index contributed by atoms with van der Waals surface area (Å²) in [7, 11) is -4.62. The van der Waals surface area contributed by atoms with Gasteiger partial charge >= 0.3 is 13.3 Å². The number of H-pyrrole nitrogens is 1. The van der Waals surface area contributed by atoms with Gasteiger partial charge in [0.15, 0.2) is 6.23 Å². The third-order valence-corrected chi connectivity index (χ3v) is 5.26. The molecule has 28 heavy (non-hydrogen) atoms. The maximum atomic E-state index is 12.2. The lowest BCUT2D eigenvalue weighted by atomic mass is 10.1. The van der Waals surface area contributed by atoms with E-state index in [0.717, 1.165) is 10.8 Å². The number of aliphatic hydroxyl groups is 3. The highest BCUT2D eigenvalue weighted by Gasteiger charge is 2.48. The first-order valence-corrected chi connectivity index (χ1v) is 10.0. The molecule has 2 heterocycles. The smallest absolute Gasteiger partial charge is 0.330 e. The fourth-order valence-corrected chi connectivity index (χ4v) is 3.77. The molecule has 2 aromatic rings. The van der Waals surface area contributed by atoms with Gasteiger partial charge in [-0.3, -0.25) is 18.9 Å². The number of hydrogen-bond acceptors (Lipinski definition) is 7. The summed E-state index contributed by atoms with van der Waals surface area (Å²) in [5.41, 5.74) is -1.00. The molecule has 1 saturated heterocycles. The topological polar surface area (TPSA) is 182 Å². The number of benzene rings is 1. The van der Waals surface area contributed by atoms with Gasteiger partial charge in [-0.15, -0.1) is 0 Å². The highest BCUT2D eigenvalue weighted by Crippen LogP contribution is 2.39. The van der Waals surface area contributed by atoms with Crippen LogP contribution in [0.4, 0.5) is 0 Å². The van der Waals surface area contributed by atoms with Gasteiger partial charge in [-0.05, 0) is 5.56 Å². The zero-order chi connectivity index (χ0) is 20.6. The van der Waals surface area contributed by atoms with E-state index in [1.807, 2.05) is 0 Å². The average Bonchev–Trinajstić information content (AvgIpc) is 2.90. The molecule has 0 unspecified atom stereocenters. The first kappa shape index (κ1) is 20.6. The monoisotopic (exact) mass is 414 g/mol. The van der Waals surface area contributed by atoms with Crippen LogP contribution in [0, 0.1) is 0 Å². The summed E-state index contributed by atoms with van der Waals surface area (Å²) in [5, 5.41) is 30.3. The van der Waals surface area contributed by atoms with Crippen molar-refractivity contribution in [3.63, 3.8) is 0 Å².